The molecule has 1 atom stereocenters. The summed E-state index contributed by atoms with van der Waals surface area (Å²) in [6.07, 6.45) is 2.38. The Morgan fingerprint density at radius 2 is 1.85 bits per heavy atom. The first-order chi connectivity index (χ1) is 19.8. The number of carbonyl (C=O) groups excluding carboxylic acids is 1. The number of fused-ring (bicyclic) bond motifs is 1. The number of benzene rings is 2. The fourth-order valence-corrected chi connectivity index (χ4v) is 5.75. The Hall–Kier alpha value is -4.70. The predicted octanol–water partition coefficient (Wildman–Crippen LogP) is 4.55. The Balaban J connectivity index is 1.65. The van der Waals surface area contributed by atoms with Gasteiger partial charge in [-0.2, -0.15) is 0 Å². The maximum Gasteiger partial charge on any atom is 0.338 e. The maximum atomic E-state index is 13.9. The van der Waals surface area contributed by atoms with Crippen LogP contribution in [0.1, 0.15) is 54.9 Å². The Bertz CT molecular complexity index is 1840. The van der Waals surface area contributed by atoms with Gasteiger partial charge in [0.15, 0.2) is 4.80 Å². The summed E-state index contributed by atoms with van der Waals surface area (Å²) < 4.78 is 19.2. The molecule has 0 radical (unpaired) electrons. The number of aromatic nitrogens is 1. The summed E-state index contributed by atoms with van der Waals surface area (Å²) in [5.41, 5.74) is 1.55. The standard InChI is InChI=1S/C31H28N2O7S/c1-4-16-39-23-13-9-8-12-22(23)27-26(30(37)38-5-2)18(3)32-31-33(27)28(34)25(41-31)17-19-14-15-24(40-19)20-10-6-7-11-21(20)29(35)36/h6-15,17,27H,4-5,16H2,1-3H3,(H,35,36)/b25-17+/t27-/m0/s1. The highest BCUT2D eigenvalue weighted by atomic mass is 32.1. The fourth-order valence-electron chi connectivity index (χ4n) is 4.72. The Kier molecular flexibility index (Phi) is 8.02. The largest absolute Gasteiger partial charge is 0.493 e. The van der Waals surface area contributed by atoms with E-state index in [1.54, 1.807) is 50.3 Å². The van der Waals surface area contributed by atoms with E-state index in [9.17, 15) is 19.5 Å². The second-order valence-corrected chi connectivity index (χ2v) is 10.3. The van der Waals surface area contributed by atoms with E-state index in [0.717, 1.165) is 6.42 Å². The molecule has 0 saturated carbocycles. The smallest absolute Gasteiger partial charge is 0.338 e. The summed E-state index contributed by atoms with van der Waals surface area (Å²) in [6.45, 7) is 6.10. The lowest BCUT2D eigenvalue weighted by atomic mass is 9.95. The molecule has 0 unspecified atom stereocenters. The number of ether oxygens (including phenoxy) is 2. The summed E-state index contributed by atoms with van der Waals surface area (Å²) in [7, 11) is 0. The molecular formula is C31H28N2O7S. The van der Waals surface area contributed by atoms with E-state index in [1.807, 2.05) is 31.2 Å². The van der Waals surface area contributed by atoms with Gasteiger partial charge in [-0.3, -0.25) is 9.36 Å². The molecule has 1 N–H and O–H groups in total. The predicted molar refractivity (Wildman–Crippen MR) is 154 cm³/mol. The lowest BCUT2D eigenvalue weighted by molar-refractivity contribution is -0.139. The van der Waals surface area contributed by atoms with Gasteiger partial charge in [0.25, 0.3) is 5.56 Å². The third-order valence-electron chi connectivity index (χ3n) is 6.52. The first kappa shape index (κ1) is 27.9. The minimum atomic E-state index is -1.07. The van der Waals surface area contributed by atoms with Crippen LogP contribution in [0.5, 0.6) is 5.75 Å². The van der Waals surface area contributed by atoms with Crippen molar-refractivity contribution < 1.29 is 28.6 Å². The fraction of sp³-hybridized carbons (Fsp3) is 0.226. The van der Waals surface area contributed by atoms with E-state index < -0.39 is 18.0 Å². The van der Waals surface area contributed by atoms with Crippen molar-refractivity contribution >= 4 is 29.4 Å². The molecule has 0 aliphatic carbocycles. The third kappa shape index (κ3) is 5.38. The molecule has 3 heterocycles. The van der Waals surface area contributed by atoms with Gasteiger partial charge < -0.3 is 19.0 Å². The summed E-state index contributed by atoms with van der Waals surface area (Å²) in [4.78, 5) is 43.8. The minimum absolute atomic E-state index is 0.110. The third-order valence-corrected chi connectivity index (χ3v) is 7.50. The SMILES string of the molecule is CCCOc1ccccc1[C@H]1C(C(=O)OCC)=C(C)N=c2s/c(=C/c3ccc(-c4ccccc4C(=O)O)o3)c(=O)n21. The topological polar surface area (TPSA) is 120 Å². The molecule has 210 valence electrons. The van der Waals surface area contributed by atoms with Crippen LogP contribution in [-0.4, -0.2) is 34.8 Å². The van der Waals surface area contributed by atoms with E-state index in [4.69, 9.17) is 13.9 Å². The van der Waals surface area contributed by atoms with E-state index in [-0.39, 0.29) is 23.3 Å². The first-order valence-corrected chi connectivity index (χ1v) is 14.0. The molecule has 41 heavy (non-hydrogen) atoms. The van der Waals surface area contributed by atoms with Gasteiger partial charge >= 0.3 is 11.9 Å². The molecule has 5 rings (SSSR count). The number of rotatable bonds is 9. The van der Waals surface area contributed by atoms with Gasteiger partial charge in [-0.05, 0) is 44.5 Å². The van der Waals surface area contributed by atoms with Crippen molar-refractivity contribution in [3.05, 3.63) is 109 Å². The normalized spacial score (nSPS) is 14.9. The van der Waals surface area contributed by atoms with Crippen molar-refractivity contribution in [1.82, 2.24) is 4.57 Å². The molecule has 0 saturated heterocycles. The number of nitrogens with zero attached hydrogens (tertiary/aromatic N) is 2. The van der Waals surface area contributed by atoms with E-state index >= 15 is 0 Å². The summed E-state index contributed by atoms with van der Waals surface area (Å²) in [6, 6.07) is 16.4. The number of furan rings is 1. The number of para-hydroxylation sites is 1. The second-order valence-electron chi connectivity index (χ2n) is 9.24. The number of aromatic carboxylic acids is 1. The van der Waals surface area contributed by atoms with Crippen molar-refractivity contribution in [2.24, 2.45) is 4.99 Å². The number of thiazole rings is 1. The molecule has 10 heteroatoms. The van der Waals surface area contributed by atoms with Gasteiger partial charge in [0.2, 0.25) is 0 Å². The Morgan fingerprint density at radius 3 is 2.61 bits per heavy atom. The monoisotopic (exact) mass is 572 g/mol. The molecule has 0 fully saturated rings. The van der Waals surface area contributed by atoms with Crippen molar-refractivity contribution in [1.29, 1.82) is 0 Å². The average molecular weight is 573 g/mol. The molecule has 1 aliphatic rings. The molecule has 2 aromatic heterocycles. The molecule has 0 spiro atoms. The number of carboxylic acids is 1. The molecular weight excluding hydrogens is 544 g/mol. The van der Waals surface area contributed by atoms with Crippen molar-refractivity contribution in [2.75, 3.05) is 13.2 Å². The summed E-state index contributed by atoms with van der Waals surface area (Å²) >= 11 is 1.17. The van der Waals surface area contributed by atoms with Crippen LogP contribution >= 0.6 is 11.3 Å². The average Bonchev–Trinajstić information content (AvgIpc) is 3.55. The van der Waals surface area contributed by atoms with Crippen LogP contribution in [0.15, 0.2) is 86.1 Å². The first-order valence-electron chi connectivity index (χ1n) is 13.2. The highest BCUT2D eigenvalue weighted by molar-refractivity contribution is 7.07. The van der Waals surface area contributed by atoms with Gasteiger partial charge in [-0.1, -0.05) is 54.7 Å². The number of hydrogen-bond donors (Lipinski definition) is 1. The number of allylic oxidation sites excluding steroid dienone is 1. The highest BCUT2D eigenvalue weighted by Crippen LogP contribution is 2.36. The van der Waals surface area contributed by atoms with E-state index in [2.05, 4.69) is 4.99 Å². The number of hydrogen-bond acceptors (Lipinski definition) is 8. The highest BCUT2D eigenvalue weighted by Gasteiger charge is 2.35. The Labute approximate surface area is 239 Å². The van der Waals surface area contributed by atoms with Gasteiger partial charge in [-0.25, -0.2) is 14.6 Å². The quantitative estimate of drug-likeness (QED) is 0.292. The number of carboxylic acid groups (broad SMARTS) is 1. The van der Waals surface area contributed by atoms with Crippen molar-refractivity contribution in [2.45, 2.75) is 33.2 Å². The van der Waals surface area contributed by atoms with Gasteiger partial charge in [0, 0.05) is 17.2 Å². The minimum Gasteiger partial charge on any atom is -0.493 e. The molecule has 2 aromatic carbocycles. The van der Waals surface area contributed by atoms with Crippen LogP contribution in [-0.2, 0) is 9.53 Å². The maximum absolute atomic E-state index is 13.9. The zero-order valence-corrected chi connectivity index (χ0v) is 23.6. The zero-order chi connectivity index (χ0) is 29.1. The zero-order valence-electron chi connectivity index (χ0n) is 22.7. The molecule has 1 aliphatic heterocycles. The second kappa shape index (κ2) is 11.8. The molecule has 0 amide bonds. The van der Waals surface area contributed by atoms with Crippen LogP contribution in [0.4, 0.5) is 0 Å². The molecule has 4 aromatic rings. The van der Waals surface area contributed by atoms with Crippen molar-refractivity contribution in [3.63, 3.8) is 0 Å². The van der Waals surface area contributed by atoms with Crippen LogP contribution < -0.4 is 19.6 Å². The summed E-state index contributed by atoms with van der Waals surface area (Å²) in [5, 5.41) is 9.55. The lowest BCUT2D eigenvalue weighted by Crippen LogP contribution is -2.40. The van der Waals surface area contributed by atoms with Crippen LogP contribution in [0.25, 0.3) is 17.4 Å². The van der Waals surface area contributed by atoms with Gasteiger partial charge in [-0.15, -0.1) is 0 Å². The van der Waals surface area contributed by atoms with E-state index in [1.165, 1.54) is 22.0 Å². The van der Waals surface area contributed by atoms with Crippen molar-refractivity contribution in [3.8, 4) is 17.1 Å². The molecule has 9 nitrogen and oxygen atoms in total. The Morgan fingerprint density at radius 1 is 1.10 bits per heavy atom. The van der Waals surface area contributed by atoms with E-state index in [0.29, 0.717) is 50.0 Å². The molecule has 0 bridgehead atoms. The van der Waals surface area contributed by atoms with Crippen LogP contribution in [0, 0.1) is 0 Å². The van der Waals surface area contributed by atoms with Crippen LogP contribution in [0.3, 0.4) is 0 Å². The van der Waals surface area contributed by atoms with Gasteiger partial charge in [0.05, 0.1) is 34.6 Å². The number of esters is 1. The van der Waals surface area contributed by atoms with Crippen LogP contribution in [0.2, 0.25) is 0 Å². The summed E-state index contributed by atoms with van der Waals surface area (Å²) in [5.74, 6) is -0.315. The van der Waals surface area contributed by atoms with Gasteiger partial charge in [0.1, 0.15) is 23.3 Å². The number of carbonyl (C=O) groups is 2. The lowest BCUT2D eigenvalue weighted by Gasteiger charge is -2.26.